The first-order valence-corrected chi connectivity index (χ1v) is 10.6. The summed E-state index contributed by atoms with van der Waals surface area (Å²) in [7, 11) is 3.17. The minimum atomic E-state index is -0.212. The molecule has 0 unspecified atom stereocenters. The van der Waals surface area contributed by atoms with Gasteiger partial charge in [-0.15, -0.1) is 0 Å². The van der Waals surface area contributed by atoms with Gasteiger partial charge in [-0.1, -0.05) is 47.5 Å². The van der Waals surface area contributed by atoms with Crippen LogP contribution in [0.4, 0.5) is 0 Å². The van der Waals surface area contributed by atoms with Crippen LogP contribution in [-0.4, -0.2) is 25.1 Å². The number of ether oxygens (including phenoxy) is 2. The Morgan fingerprint density at radius 1 is 0.906 bits per heavy atom. The molecule has 0 bridgehead atoms. The first kappa shape index (κ1) is 21.9. The molecule has 0 spiro atoms. The van der Waals surface area contributed by atoms with E-state index in [1.54, 1.807) is 32.4 Å². The van der Waals surface area contributed by atoms with Crippen LogP contribution in [0, 0.1) is 0 Å². The van der Waals surface area contributed by atoms with Gasteiger partial charge >= 0.3 is 0 Å². The van der Waals surface area contributed by atoms with Gasteiger partial charge in [0.15, 0.2) is 11.5 Å². The fraction of sp³-hybridized carbons (Fsp3) is 0.120. The Morgan fingerprint density at radius 2 is 1.69 bits per heavy atom. The topological polar surface area (TPSA) is 60.5 Å². The standard InChI is InChI=1S/C25H20Cl2N2O3/c1-31-23-10-8-16(12-24(23)32-2)22-13-18(17-5-3-4-6-21(17)29-22)25(30)28-14-15-7-9-19(26)20(27)11-15/h3-13H,14H2,1-2H3,(H,28,30). The van der Waals surface area contributed by atoms with E-state index >= 15 is 0 Å². The normalized spacial score (nSPS) is 10.8. The molecule has 1 N–H and O–H groups in total. The quantitative estimate of drug-likeness (QED) is 0.369. The van der Waals surface area contributed by atoms with Crippen LogP contribution in [0.25, 0.3) is 22.2 Å². The second-order valence-electron chi connectivity index (χ2n) is 7.07. The third-order valence-electron chi connectivity index (χ3n) is 5.08. The number of hydrogen-bond acceptors (Lipinski definition) is 4. The molecule has 1 heterocycles. The summed E-state index contributed by atoms with van der Waals surface area (Å²) in [4.78, 5) is 17.9. The highest BCUT2D eigenvalue weighted by atomic mass is 35.5. The smallest absolute Gasteiger partial charge is 0.252 e. The van der Waals surface area contributed by atoms with Crippen molar-refractivity contribution in [2.24, 2.45) is 0 Å². The summed E-state index contributed by atoms with van der Waals surface area (Å²) < 4.78 is 10.7. The second-order valence-corrected chi connectivity index (χ2v) is 7.89. The first-order valence-electron chi connectivity index (χ1n) is 9.84. The van der Waals surface area contributed by atoms with Crippen LogP contribution >= 0.6 is 23.2 Å². The minimum absolute atomic E-state index is 0.212. The number of rotatable bonds is 6. The summed E-state index contributed by atoms with van der Waals surface area (Å²) in [6, 6.07) is 20.2. The number of pyridine rings is 1. The molecule has 0 saturated carbocycles. The summed E-state index contributed by atoms with van der Waals surface area (Å²) in [5, 5.41) is 4.65. The average molecular weight is 467 g/mol. The Balaban J connectivity index is 1.70. The predicted molar refractivity (Wildman–Crippen MR) is 128 cm³/mol. The molecular weight excluding hydrogens is 447 g/mol. The molecule has 3 aromatic carbocycles. The van der Waals surface area contributed by atoms with Crippen molar-refractivity contribution in [1.82, 2.24) is 10.3 Å². The zero-order valence-corrected chi connectivity index (χ0v) is 19.0. The Labute approximate surface area is 195 Å². The Hall–Kier alpha value is -3.28. The molecule has 0 aliphatic rings. The highest BCUT2D eigenvalue weighted by Gasteiger charge is 2.15. The lowest BCUT2D eigenvalue weighted by Crippen LogP contribution is -2.23. The van der Waals surface area contributed by atoms with E-state index in [1.165, 1.54) is 0 Å². The van der Waals surface area contributed by atoms with E-state index < -0.39 is 0 Å². The van der Waals surface area contributed by atoms with Crippen molar-refractivity contribution in [2.75, 3.05) is 14.2 Å². The van der Waals surface area contributed by atoms with E-state index in [0.717, 1.165) is 22.0 Å². The molecule has 162 valence electrons. The fourth-order valence-electron chi connectivity index (χ4n) is 3.43. The van der Waals surface area contributed by atoms with Crippen molar-refractivity contribution < 1.29 is 14.3 Å². The summed E-state index contributed by atoms with van der Waals surface area (Å²) in [5.74, 6) is 0.999. The number of carbonyl (C=O) groups is 1. The number of amides is 1. The number of nitrogens with one attached hydrogen (secondary N) is 1. The van der Waals surface area contributed by atoms with Crippen molar-refractivity contribution in [3.05, 3.63) is 87.9 Å². The minimum Gasteiger partial charge on any atom is -0.493 e. The molecule has 0 aliphatic carbocycles. The van der Waals surface area contributed by atoms with Crippen molar-refractivity contribution >= 4 is 40.0 Å². The van der Waals surface area contributed by atoms with E-state index in [4.69, 9.17) is 37.7 Å². The highest BCUT2D eigenvalue weighted by molar-refractivity contribution is 6.42. The van der Waals surface area contributed by atoms with Gasteiger partial charge in [0.25, 0.3) is 5.91 Å². The fourth-order valence-corrected chi connectivity index (χ4v) is 3.75. The van der Waals surface area contributed by atoms with Gasteiger partial charge in [-0.25, -0.2) is 4.98 Å². The van der Waals surface area contributed by atoms with Crippen LogP contribution in [0.2, 0.25) is 10.0 Å². The number of carbonyl (C=O) groups excluding carboxylic acids is 1. The first-order chi connectivity index (χ1) is 15.5. The highest BCUT2D eigenvalue weighted by Crippen LogP contribution is 2.33. The Bertz CT molecular complexity index is 1310. The third-order valence-corrected chi connectivity index (χ3v) is 5.82. The zero-order valence-electron chi connectivity index (χ0n) is 17.5. The number of nitrogens with zero attached hydrogens (tertiary/aromatic N) is 1. The summed E-state index contributed by atoms with van der Waals surface area (Å²) in [6.07, 6.45) is 0. The van der Waals surface area contributed by atoms with Gasteiger partial charge in [-0.3, -0.25) is 4.79 Å². The van der Waals surface area contributed by atoms with E-state index in [2.05, 4.69) is 5.32 Å². The molecule has 4 aromatic rings. The van der Waals surface area contributed by atoms with Gasteiger partial charge in [0.2, 0.25) is 0 Å². The molecule has 0 atom stereocenters. The van der Waals surface area contributed by atoms with Crippen LogP contribution < -0.4 is 14.8 Å². The number of halogens is 2. The van der Waals surface area contributed by atoms with Gasteiger partial charge in [-0.05, 0) is 48.0 Å². The number of methoxy groups -OCH3 is 2. The van der Waals surface area contributed by atoms with Crippen molar-refractivity contribution in [2.45, 2.75) is 6.54 Å². The van der Waals surface area contributed by atoms with Crippen molar-refractivity contribution in [3.8, 4) is 22.8 Å². The maximum Gasteiger partial charge on any atom is 0.252 e. The molecule has 0 saturated heterocycles. The Morgan fingerprint density at radius 3 is 2.44 bits per heavy atom. The van der Waals surface area contributed by atoms with Crippen LogP contribution in [0.3, 0.4) is 0 Å². The summed E-state index contributed by atoms with van der Waals surface area (Å²) >= 11 is 12.1. The number of benzene rings is 3. The van der Waals surface area contributed by atoms with Gasteiger partial charge in [0.1, 0.15) is 0 Å². The monoisotopic (exact) mass is 466 g/mol. The Kier molecular flexibility index (Phi) is 6.49. The largest absolute Gasteiger partial charge is 0.493 e. The SMILES string of the molecule is COc1ccc(-c2cc(C(=O)NCc3ccc(Cl)c(Cl)c3)c3ccccc3n2)cc1OC. The lowest BCUT2D eigenvalue weighted by molar-refractivity contribution is 0.0952. The third kappa shape index (κ3) is 4.49. The van der Waals surface area contributed by atoms with Gasteiger partial charge < -0.3 is 14.8 Å². The zero-order chi connectivity index (χ0) is 22.7. The lowest BCUT2D eigenvalue weighted by atomic mass is 10.0. The van der Waals surface area contributed by atoms with Crippen LogP contribution in [0.1, 0.15) is 15.9 Å². The number of para-hydroxylation sites is 1. The molecule has 0 fully saturated rings. The van der Waals surface area contributed by atoms with Crippen molar-refractivity contribution in [1.29, 1.82) is 0 Å². The second kappa shape index (κ2) is 9.47. The molecule has 0 aliphatic heterocycles. The van der Waals surface area contributed by atoms with Gasteiger partial charge in [0.05, 0.1) is 41.0 Å². The van der Waals surface area contributed by atoms with Gasteiger partial charge in [-0.2, -0.15) is 0 Å². The van der Waals surface area contributed by atoms with E-state index in [9.17, 15) is 4.79 Å². The average Bonchev–Trinajstić information content (AvgIpc) is 2.83. The van der Waals surface area contributed by atoms with Crippen LogP contribution in [0.15, 0.2) is 66.7 Å². The summed E-state index contributed by atoms with van der Waals surface area (Å²) in [5.41, 5.74) is 3.57. The predicted octanol–water partition coefficient (Wildman–Crippen LogP) is 6.16. The summed E-state index contributed by atoms with van der Waals surface area (Å²) in [6.45, 7) is 0.318. The molecule has 0 radical (unpaired) electrons. The maximum absolute atomic E-state index is 13.1. The maximum atomic E-state index is 13.1. The molecule has 5 nitrogen and oxygen atoms in total. The van der Waals surface area contributed by atoms with Gasteiger partial charge in [0, 0.05) is 17.5 Å². The number of hydrogen-bond donors (Lipinski definition) is 1. The molecule has 1 aromatic heterocycles. The number of aromatic nitrogens is 1. The molecular formula is C25H20Cl2N2O3. The lowest BCUT2D eigenvalue weighted by Gasteiger charge is -2.13. The van der Waals surface area contributed by atoms with E-state index in [-0.39, 0.29) is 5.91 Å². The molecule has 1 amide bonds. The molecule has 4 rings (SSSR count). The molecule has 32 heavy (non-hydrogen) atoms. The van der Waals surface area contributed by atoms with E-state index in [0.29, 0.717) is 39.3 Å². The number of fused-ring (bicyclic) bond motifs is 1. The molecule has 7 heteroatoms. The van der Waals surface area contributed by atoms with Crippen LogP contribution in [-0.2, 0) is 6.54 Å². The van der Waals surface area contributed by atoms with Crippen LogP contribution in [0.5, 0.6) is 11.5 Å². The van der Waals surface area contributed by atoms with Crippen molar-refractivity contribution in [3.63, 3.8) is 0 Å². The van der Waals surface area contributed by atoms with E-state index in [1.807, 2.05) is 48.5 Å².